The zero-order chi connectivity index (χ0) is 14.5. The molecule has 0 radical (unpaired) electrons. The van der Waals surface area contributed by atoms with E-state index in [1.165, 1.54) is 11.1 Å². The first-order valence-electron chi connectivity index (χ1n) is 6.98. The molecule has 1 aliphatic heterocycles. The van der Waals surface area contributed by atoms with Crippen LogP contribution in [0.25, 0.3) is 0 Å². The van der Waals surface area contributed by atoms with Crippen LogP contribution < -0.4 is 5.32 Å². The SMILES string of the molecule is O=C(Nc1ccc2c(c1)CCOC2)OCc1ccccc1. The van der Waals surface area contributed by atoms with Gasteiger partial charge in [-0.2, -0.15) is 0 Å². The summed E-state index contributed by atoms with van der Waals surface area (Å²) in [5.74, 6) is 0. The molecule has 108 valence electrons. The van der Waals surface area contributed by atoms with Gasteiger partial charge in [0.2, 0.25) is 0 Å². The Kier molecular flexibility index (Phi) is 4.17. The van der Waals surface area contributed by atoms with Crippen molar-refractivity contribution in [3.8, 4) is 0 Å². The second-order valence-electron chi connectivity index (χ2n) is 4.97. The fourth-order valence-corrected chi connectivity index (χ4v) is 2.32. The average Bonchev–Trinajstić information content (AvgIpc) is 2.54. The van der Waals surface area contributed by atoms with Crippen molar-refractivity contribution < 1.29 is 14.3 Å². The topological polar surface area (TPSA) is 47.6 Å². The number of hydrogen-bond donors (Lipinski definition) is 1. The molecular weight excluding hydrogens is 266 g/mol. The van der Waals surface area contributed by atoms with Gasteiger partial charge in [-0.15, -0.1) is 0 Å². The molecule has 1 aliphatic rings. The smallest absolute Gasteiger partial charge is 0.411 e. The van der Waals surface area contributed by atoms with Gasteiger partial charge < -0.3 is 9.47 Å². The van der Waals surface area contributed by atoms with Crippen LogP contribution >= 0.6 is 0 Å². The van der Waals surface area contributed by atoms with Gasteiger partial charge in [0.15, 0.2) is 0 Å². The summed E-state index contributed by atoms with van der Waals surface area (Å²) < 4.78 is 10.6. The molecule has 2 aromatic carbocycles. The fourth-order valence-electron chi connectivity index (χ4n) is 2.32. The molecule has 0 fully saturated rings. The van der Waals surface area contributed by atoms with Crippen LogP contribution in [-0.4, -0.2) is 12.7 Å². The Morgan fingerprint density at radius 3 is 2.86 bits per heavy atom. The minimum absolute atomic E-state index is 0.269. The van der Waals surface area contributed by atoms with Crippen molar-refractivity contribution in [2.24, 2.45) is 0 Å². The Morgan fingerprint density at radius 1 is 1.14 bits per heavy atom. The number of fused-ring (bicyclic) bond motifs is 1. The number of carbonyl (C=O) groups is 1. The van der Waals surface area contributed by atoms with Gasteiger partial charge in [0.05, 0.1) is 13.2 Å². The number of nitrogens with one attached hydrogen (secondary N) is 1. The van der Waals surface area contributed by atoms with E-state index in [4.69, 9.17) is 9.47 Å². The largest absolute Gasteiger partial charge is 0.444 e. The predicted octanol–water partition coefficient (Wildman–Crippen LogP) is 3.51. The minimum Gasteiger partial charge on any atom is -0.444 e. The number of benzene rings is 2. The third-order valence-corrected chi connectivity index (χ3v) is 3.44. The summed E-state index contributed by atoms with van der Waals surface area (Å²) in [7, 11) is 0. The Bertz CT molecular complexity index is 625. The lowest BCUT2D eigenvalue weighted by Crippen LogP contribution is -2.15. The third kappa shape index (κ3) is 3.61. The minimum atomic E-state index is -0.439. The Labute approximate surface area is 123 Å². The van der Waals surface area contributed by atoms with Crippen LogP contribution in [0.4, 0.5) is 10.5 Å². The normalized spacial score (nSPS) is 13.3. The van der Waals surface area contributed by atoms with E-state index in [1.54, 1.807) is 0 Å². The number of amides is 1. The highest BCUT2D eigenvalue weighted by Gasteiger charge is 2.11. The van der Waals surface area contributed by atoms with Crippen LogP contribution in [0.1, 0.15) is 16.7 Å². The fraction of sp³-hybridized carbons (Fsp3) is 0.235. The summed E-state index contributed by atoms with van der Waals surface area (Å²) in [5.41, 5.74) is 4.13. The second-order valence-corrected chi connectivity index (χ2v) is 4.97. The predicted molar refractivity (Wildman–Crippen MR) is 80.1 cm³/mol. The van der Waals surface area contributed by atoms with E-state index in [0.717, 1.165) is 24.3 Å². The van der Waals surface area contributed by atoms with Crippen molar-refractivity contribution in [1.82, 2.24) is 0 Å². The van der Waals surface area contributed by atoms with Crippen molar-refractivity contribution in [1.29, 1.82) is 0 Å². The quantitative estimate of drug-likeness (QED) is 0.937. The van der Waals surface area contributed by atoms with Crippen molar-refractivity contribution in [2.45, 2.75) is 19.6 Å². The maximum absolute atomic E-state index is 11.8. The van der Waals surface area contributed by atoms with Crippen LogP contribution in [0.15, 0.2) is 48.5 Å². The standard InChI is InChI=1S/C17H17NO3/c19-17(21-11-13-4-2-1-3-5-13)18-16-7-6-15-12-20-9-8-14(15)10-16/h1-7,10H,8-9,11-12H2,(H,18,19). The van der Waals surface area contributed by atoms with Gasteiger partial charge in [0.25, 0.3) is 0 Å². The number of hydrogen-bond acceptors (Lipinski definition) is 3. The summed E-state index contributed by atoms with van der Waals surface area (Å²) in [6.45, 7) is 1.65. The second kappa shape index (κ2) is 6.41. The molecule has 0 saturated heterocycles. The number of anilines is 1. The van der Waals surface area contributed by atoms with Crippen LogP contribution in [0, 0.1) is 0 Å². The number of carbonyl (C=O) groups excluding carboxylic acids is 1. The van der Waals surface area contributed by atoms with Crippen LogP contribution in [-0.2, 0) is 29.1 Å². The van der Waals surface area contributed by atoms with Crippen molar-refractivity contribution in [2.75, 3.05) is 11.9 Å². The molecule has 0 bridgehead atoms. The summed E-state index contributed by atoms with van der Waals surface area (Å²) in [5, 5.41) is 2.76. The van der Waals surface area contributed by atoms with Crippen molar-refractivity contribution >= 4 is 11.8 Å². The van der Waals surface area contributed by atoms with Crippen molar-refractivity contribution in [3.05, 3.63) is 65.2 Å². The monoisotopic (exact) mass is 283 g/mol. The molecule has 0 saturated carbocycles. The lowest BCUT2D eigenvalue weighted by atomic mass is 10.0. The van der Waals surface area contributed by atoms with Crippen LogP contribution in [0.5, 0.6) is 0 Å². The summed E-state index contributed by atoms with van der Waals surface area (Å²) in [4.78, 5) is 11.8. The molecule has 21 heavy (non-hydrogen) atoms. The molecule has 4 heteroatoms. The molecule has 0 unspecified atom stereocenters. The first-order valence-corrected chi connectivity index (χ1v) is 6.98. The van der Waals surface area contributed by atoms with Crippen molar-refractivity contribution in [3.63, 3.8) is 0 Å². The van der Waals surface area contributed by atoms with Gasteiger partial charge in [-0.1, -0.05) is 36.4 Å². The summed E-state index contributed by atoms with van der Waals surface area (Å²) in [6.07, 6.45) is 0.440. The number of ether oxygens (including phenoxy) is 2. The Balaban J connectivity index is 1.57. The molecule has 3 rings (SSSR count). The van der Waals surface area contributed by atoms with E-state index in [2.05, 4.69) is 5.32 Å². The highest BCUT2D eigenvalue weighted by Crippen LogP contribution is 2.21. The zero-order valence-electron chi connectivity index (χ0n) is 11.7. The molecule has 0 atom stereocenters. The highest BCUT2D eigenvalue weighted by atomic mass is 16.5. The lowest BCUT2D eigenvalue weighted by molar-refractivity contribution is 0.111. The molecule has 1 N–H and O–H groups in total. The molecule has 4 nitrogen and oxygen atoms in total. The maximum Gasteiger partial charge on any atom is 0.411 e. The number of rotatable bonds is 3. The first kappa shape index (κ1) is 13.6. The molecule has 0 aliphatic carbocycles. The lowest BCUT2D eigenvalue weighted by Gasteiger charge is -2.17. The Morgan fingerprint density at radius 2 is 2.00 bits per heavy atom. The maximum atomic E-state index is 11.8. The Hall–Kier alpha value is -2.33. The first-order chi connectivity index (χ1) is 10.3. The van der Waals surface area contributed by atoms with Gasteiger partial charge in [0, 0.05) is 5.69 Å². The zero-order valence-corrected chi connectivity index (χ0v) is 11.7. The average molecular weight is 283 g/mol. The third-order valence-electron chi connectivity index (χ3n) is 3.44. The van der Waals surface area contributed by atoms with Crippen LogP contribution in [0.2, 0.25) is 0 Å². The molecular formula is C17H17NO3. The van der Waals surface area contributed by atoms with Gasteiger partial charge in [-0.05, 0) is 35.2 Å². The molecule has 1 heterocycles. The van der Waals surface area contributed by atoms with Gasteiger partial charge in [0.1, 0.15) is 6.61 Å². The van der Waals surface area contributed by atoms with Crippen LogP contribution in [0.3, 0.4) is 0 Å². The molecule has 0 spiro atoms. The van der Waals surface area contributed by atoms with Gasteiger partial charge in [-0.25, -0.2) is 4.79 Å². The molecule has 0 aromatic heterocycles. The molecule has 2 aromatic rings. The van der Waals surface area contributed by atoms with E-state index in [1.807, 2.05) is 48.5 Å². The van der Waals surface area contributed by atoms with E-state index in [9.17, 15) is 4.79 Å². The summed E-state index contributed by atoms with van der Waals surface area (Å²) in [6, 6.07) is 15.5. The van der Waals surface area contributed by atoms with Gasteiger partial charge >= 0.3 is 6.09 Å². The van der Waals surface area contributed by atoms with E-state index >= 15 is 0 Å². The highest BCUT2D eigenvalue weighted by molar-refractivity contribution is 5.84. The van der Waals surface area contributed by atoms with E-state index in [-0.39, 0.29) is 6.61 Å². The molecule has 1 amide bonds. The van der Waals surface area contributed by atoms with Gasteiger partial charge in [-0.3, -0.25) is 5.32 Å². The summed E-state index contributed by atoms with van der Waals surface area (Å²) >= 11 is 0. The van der Waals surface area contributed by atoms with E-state index in [0.29, 0.717) is 6.61 Å². The van der Waals surface area contributed by atoms with E-state index < -0.39 is 6.09 Å².